The van der Waals surface area contributed by atoms with Crippen molar-refractivity contribution >= 4 is 0 Å². The molecule has 0 bridgehead atoms. The van der Waals surface area contributed by atoms with E-state index in [4.69, 9.17) is 0 Å². The molecule has 1 heteroatoms. The van der Waals surface area contributed by atoms with Crippen molar-refractivity contribution in [2.24, 2.45) is 11.8 Å². The predicted octanol–water partition coefficient (Wildman–Crippen LogP) is 4.93. The average molecular weight is 251 g/mol. The maximum absolute atomic E-state index is 3.79. The second-order valence-corrected chi connectivity index (χ2v) is 6.11. The zero-order chi connectivity index (χ0) is 13.2. The summed E-state index contributed by atoms with van der Waals surface area (Å²) >= 11 is 0. The van der Waals surface area contributed by atoms with Gasteiger partial charge in [-0.15, -0.1) is 6.58 Å². The van der Waals surface area contributed by atoms with E-state index < -0.39 is 0 Å². The normalized spacial score (nSPS) is 25.9. The van der Waals surface area contributed by atoms with Crippen LogP contribution in [-0.4, -0.2) is 12.6 Å². The summed E-state index contributed by atoms with van der Waals surface area (Å²) in [6.07, 6.45) is 14.5. The number of rotatable bonds is 9. The summed E-state index contributed by atoms with van der Waals surface area (Å²) in [5, 5.41) is 3.74. The molecular formula is C17H33N. The predicted molar refractivity (Wildman–Crippen MR) is 81.9 cm³/mol. The summed E-state index contributed by atoms with van der Waals surface area (Å²) in [6, 6.07) is 0.784. The fraction of sp³-hybridized carbons (Fsp3) is 0.882. The summed E-state index contributed by atoms with van der Waals surface area (Å²) in [5.74, 6) is 1.91. The van der Waals surface area contributed by atoms with Gasteiger partial charge in [0.25, 0.3) is 0 Å². The third-order valence-electron chi connectivity index (χ3n) is 4.52. The highest BCUT2D eigenvalue weighted by molar-refractivity contribution is 4.81. The molecule has 18 heavy (non-hydrogen) atoms. The number of unbranched alkanes of at least 4 members (excludes halogenated alkanes) is 3. The number of allylic oxidation sites excluding steroid dienone is 1. The SMILES string of the molecule is C=CCCCCCC(NCC)C1CCC(C)CC1. The highest BCUT2D eigenvalue weighted by atomic mass is 14.9. The Balaban J connectivity index is 2.23. The van der Waals surface area contributed by atoms with Crippen molar-refractivity contribution in [1.29, 1.82) is 0 Å². The van der Waals surface area contributed by atoms with E-state index >= 15 is 0 Å². The first kappa shape index (κ1) is 15.8. The molecule has 1 aliphatic rings. The molecule has 0 radical (unpaired) electrons. The molecule has 1 N–H and O–H groups in total. The molecule has 0 heterocycles. The van der Waals surface area contributed by atoms with E-state index in [2.05, 4.69) is 25.7 Å². The minimum Gasteiger partial charge on any atom is -0.314 e. The third kappa shape index (κ3) is 6.04. The van der Waals surface area contributed by atoms with E-state index in [0.29, 0.717) is 0 Å². The standard InChI is InChI=1S/C17H33N/c1-4-6-7-8-9-10-17(18-5-2)16-13-11-15(3)12-14-16/h4,15-18H,1,5-14H2,2-3H3. The molecule has 106 valence electrons. The Bertz CT molecular complexity index is 204. The molecule has 1 nitrogen and oxygen atoms in total. The first-order chi connectivity index (χ1) is 8.77. The smallest absolute Gasteiger partial charge is 0.00952 e. The Morgan fingerprint density at radius 3 is 2.50 bits per heavy atom. The maximum atomic E-state index is 3.79. The average Bonchev–Trinajstić information content (AvgIpc) is 2.38. The lowest BCUT2D eigenvalue weighted by atomic mass is 9.78. The van der Waals surface area contributed by atoms with Gasteiger partial charge in [-0.2, -0.15) is 0 Å². The fourth-order valence-corrected chi connectivity index (χ4v) is 3.28. The van der Waals surface area contributed by atoms with Crippen LogP contribution >= 0.6 is 0 Å². The summed E-state index contributed by atoms with van der Waals surface area (Å²) < 4.78 is 0. The maximum Gasteiger partial charge on any atom is 0.00952 e. The van der Waals surface area contributed by atoms with Crippen molar-refractivity contribution in [1.82, 2.24) is 5.32 Å². The molecule has 1 rings (SSSR count). The minimum atomic E-state index is 0.784. The summed E-state index contributed by atoms with van der Waals surface area (Å²) in [5.41, 5.74) is 0. The van der Waals surface area contributed by atoms with Crippen molar-refractivity contribution < 1.29 is 0 Å². The number of hydrogen-bond donors (Lipinski definition) is 1. The second-order valence-electron chi connectivity index (χ2n) is 6.11. The Hall–Kier alpha value is -0.300. The van der Waals surface area contributed by atoms with E-state index in [0.717, 1.165) is 24.4 Å². The van der Waals surface area contributed by atoms with Gasteiger partial charge in [0, 0.05) is 6.04 Å². The van der Waals surface area contributed by atoms with Gasteiger partial charge in [-0.3, -0.25) is 0 Å². The van der Waals surface area contributed by atoms with Crippen molar-refractivity contribution in [2.45, 2.75) is 77.7 Å². The van der Waals surface area contributed by atoms with Crippen LogP contribution < -0.4 is 5.32 Å². The molecule has 1 aliphatic carbocycles. The summed E-state index contributed by atoms with van der Waals surface area (Å²) in [4.78, 5) is 0. The molecule has 1 fully saturated rings. The van der Waals surface area contributed by atoms with Crippen molar-refractivity contribution in [3.8, 4) is 0 Å². The molecular weight excluding hydrogens is 218 g/mol. The fourth-order valence-electron chi connectivity index (χ4n) is 3.28. The molecule has 0 spiro atoms. The van der Waals surface area contributed by atoms with Gasteiger partial charge < -0.3 is 5.32 Å². The van der Waals surface area contributed by atoms with E-state index in [1.807, 2.05) is 6.08 Å². The van der Waals surface area contributed by atoms with Crippen molar-refractivity contribution in [3.63, 3.8) is 0 Å². The van der Waals surface area contributed by atoms with Gasteiger partial charge in [0.1, 0.15) is 0 Å². The molecule has 1 saturated carbocycles. The van der Waals surface area contributed by atoms with Gasteiger partial charge in [0.15, 0.2) is 0 Å². The van der Waals surface area contributed by atoms with Gasteiger partial charge in [-0.1, -0.05) is 45.6 Å². The molecule has 0 saturated heterocycles. The topological polar surface area (TPSA) is 12.0 Å². The molecule has 1 atom stereocenters. The lowest BCUT2D eigenvalue weighted by molar-refractivity contribution is 0.221. The zero-order valence-electron chi connectivity index (χ0n) is 12.6. The van der Waals surface area contributed by atoms with E-state index in [1.54, 1.807) is 0 Å². The van der Waals surface area contributed by atoms with Crippen LogP contribution in [0.15, 0.2) is 12.7 Å². The summed E-state index contributed by atoms with van der Waals surface area (Å²) in [7, 11) is 0. The van der Waals surface area contributed by atoms with Crippen LogP contribution in [0.5, 0.6) is 0 Å². The van der Waals surface area contributed by atoms with E-state index in [-0.39, 0.29) is 0 Å². The molecule has 0 amide bonds. The third-order valence-corrected chi connectivity index (χ3v) is 4.52. The van der Waals surface area contributed by atoms with Gasteiger partial charge in [-0.25, -0.2) is 0 Å². The first-order valence-corrected chi connectivity index (χ1v) is 8.12. The zero-order valence-corrected chi connectivity index (χ0v) is 12.6. The number of hydrogen-bond acceptors (Lipinski definition) is 1. The van der Waals surface area contributed by atoms with Gasteiger partial charge >= 0.3 is 0 Å². The van der Waals surface area contributed by atoms with Crippen LogP contribution in [0, 0.1) is 11.8 Å². The Kier molecular flexibility index (Phi) is 8.41. The van der Waals surface area contributed by atoms with Gasteiger partial charge in [0.2, 0.25) is 0 Å². The highest BCUT2D eigenvalue weighted by Crippen LogP contribution is 2.32. The quantitative estimate of drug-likeness (QED) is 0.453. The Labute approximate surface area is 114 Å². The molecule has 1 unspecified atom stereocenters. The minimum absolute atomic E-state index is 0.784. The van der Waals surface area contributed by atoms with Crippen LogP contribution in [0.4, 0.5) is 0 Å². The molecule has 0 aromatic heterocycles. The lowest BCUT2D eigenvalue weighted by Crippen LogP contribution is -2.37. The second kappa shape index (κ2) is 9.61. The van der Waals surface area contributed by atoms with E-state index in [1.165, 1.54) is 57.8 Å². The van der Waals surface area contributed by atoms with Crippen molar-refractivity contribution in [2.75, 3.05) is 6.54 Å². The Morgan fingerprint density at radius 2 is 1.89 bits per heavy atom. The van der Waals surface area contributed by atoms with Gasteiger partial charge in [-0.05, 0) is 50.5 Å². The van der Waals surface area contributed by atoms with Crippen LogP contribution in [-0.2, 0) is 0 Å². The van der Waals surface area contributed by atoms with Crippen molar-refractivity contribution in [3.05, 3.63) is 12.7 Å². The number of nitrogens with one attached hydrogen (secondary N) is 1. The van der Waals surface area contributed by atoms with Crippen LogP contribution in [0.1, 0.15) is 71.6 Å². The molecule has 0 aromatic rings. The van der Waals surface area contributed by atoms with Gasteiger partial charge in [0.05, 0.1) is 0 Å². The van der Waals surface area contributed by atoms with Crippen LogP contribution in [0.2, 0.25) is 0 Å². The molecule has 0 aromatic carbocycles. The van der Waals surface area contributed by atoms with E-state index in [9.17, 15) is 0 Å². The van der Waals surface area contributed by atoms with Crippen LogP contribution in [0.25, 0.3) is 0 Å². The summed E-state index contributed by atoms with van der Waals surface area (Å²) in [6.45, 7) is 9.58. The first-order valence-electron chi connectivity index (χ1n) is 8.12. The largest absolute Gasteiger partial charge is 0.314 e. The monoisotopic (exact) mass is 251 g/mol. The lowest BCUT2D eigenvalue weighted by Gasteiger charge is -2.33. The highest BCUT2D eigenvalue weighted by Gasteiger charge is 2.24. The molecule has 0 aliphatic heterocycles. The van der Waals surface area contributed by atoms with Crippen LogP contribution in [0.3, 0.4) is 0 Å². The Morgan fingerprint density at radius 1 is 1.17 bits per heavy atom.